The second-order valence-electron chi connectivity index (χ2n) is 6.67. The first kappa shape index (κ1) is 22.8. The van der Waals surface area contributed by atoms with Crippen LogP contribution in [-0.4, -0.2) is 37.2 Å². The van der Waals surface area contributed by atoms with Gasteiger partial charge in [0.25, 0.3) is 5.91 Å². The topological polar surface area (TPSA) is 121 Å². The molecule has 0 aliphatic rings. The van der Waals surface area contributed by atoms with E-state index in [0.29, 0.717) is 17.9 Å². The number of nitriles is 1. The number of hydrogen-bond acceptors (Lipinski definition) is 6. The summed E-state index contributed by atoms with van der Waals surface area (Å²) in [4.78, 5) is 23.7. The molecule has 8 nitrogen and oxygen atoms in total. The van der Waals surface area contributed by atoms with Crippen molar-refractivity contribution in [3.63, 3.8) is 0 Å². The lowest BCUT2D eigenvalue weighted by molar-refractivity contribution is -0.139. The molecule has 0 aromatic heterocycles. The number of amides is 1. The van der Waals surface area contributed by atoms with Crippen LogP contribution in [0.15, 0.2) is 30.0 Å². The minimum absolute atomic E-state index is 0.145. The fourth-order valence-corrected chi connectivity index (χ4v) is 2.52. The molecule has 0 fully saturated rings. The van der Waals surface area contributed by atoms with Crippen LogP contribution in [0.4, 0.5) is 0 Å². The standard InChI is InChI=1S/C20H27N3O5/c1-12(2)8-16(20(25)26)22-11-15(10-21)19(24)23-13(3)14-6-7-17(27-4)18(9-14)28-5/h6-7,9,11-13,16,22H,8H2,1-5H3,(H,23,24)(H,25,26)/b15-11-. The zero-order valence-electron chi connectivity index (χ0n) is 16.8. The zero-order valence-corrected chi connectivity index (χ0v) is 16.8. The summed E-state index contributed by atoms with van der Waals surface area (Å²) < 4.78 is 10.4. The van der Waals surface area contributed by atoms with Crippen LogP contribution in [0.1, 0.15) is 38.8 Å². The maximum Gasteiger partial charge on any atom is 0.326 e. The maximum absolute atomic E-state index is 12.4. The van der Waals surface area contributed by atoms with Gasteiger partial charge in [0.2, 0.25) is 0 Å². The highest BCUT2D eigenvalue weighted by atomic mass is 16.5. The molecule has 0 bridgehead atoms. The van der Waals surface area contributed by atoms with Gasteiger partial charge in [-0.3, -0.25) is 4.79 Å². The van der Waals surface area contributed by atoms with E-state index in [9.17, 15) is 20.0 Å². The molecule has 0 saturated heterocycles. The van der Waals surface area contributed by atoms with Crippen molar-refractivity contribution in [3.05, 3.63) is 35.5 Å². The Labute approximate surface area is 165 Å². The number of carboxylic acid groups (broad SMARTS) is 1. The van der Waals surface area contributed by atoms with Gasteiger partial charge in [-0.2, -0.15) is 5.26 Å². The Hall–Kier alpha value is -3.21. The number of nitrogens with one attached hydrogen (secondary N) is 2. The minimum Gasteiger partial charge on any atom is -0.493 e. The van der Waals surface area contributed by atoms with Gasteiger partial charge in [-0.05, 0) is 37.0 Å². The molecule has 1 aromatic carbocycles. The fourth-order valence-electron chi connectivity index (χ4n) is 2.52. The van der Waals surface area contributed by atoms with E-state index in [1.807, 2.05) is 13.8 Å². The fraction of sp³-hybridized carbons (Fsp3) is 0.450. The van der Waals surface area contributed by atoms with Crippen LogP contribution in [0.3, 0.4) is 0 Å². The molecule has 152 valence electrons. The first-order valence-corrected chi connectivity index (χ1v) is 8.85. The van der Waals surface area contributed by atoms with Crippen molar-refractivity contribution < 1.29 is 24.2 Å². The van der Waals surface area contributed by atoms with Crippen molar-refractivity contribution >= 4 is 11.9 Å². The normalized spacial score (nSPS) is 13.2. The number of benzene rings is 1. The number of rotatable bonds is 10. The predicted octanol–water partition coefficient (Wildman–Crippen LogP) is 2.38. The summed E-state index contributed by atoms with van der Waals surface area (Å²) in [7, 11) is 3.05. The van der Waals surface area contributed by atoms with Crippen molar-refractivity contribution in [2.45, 2.75) is 39.3 Å². The summed E-state index contributed by atoms with van der Waals surface area (Å²) in [6.45, 7) is 5.55. The first-order valence-electron chi connectivity index (χ1n) is 8.85. The van der Waals surface area contributed by atoms with E-state index in [-0.39, 0.29) is 11.5 Å². The highest BCUT2D eigenvalue weighted by Crippen LogP contribution is 2.29. The lowest BCUT2D eigenvalue weighted by Gasteiger charge is -2.17. The molecule has 0 radical (unpaired) electrons. The Bertz CT molecular complexity index is 768. The molecule has 2 unspecified atom stereocenters. The van der Waals surface area contributed by atoms with Gasteiger partial charge in [-0.15, -0.1) is 0 Å². The molecular formula is C20H27N3O5. The number of methoxy groups -OCH3 is 2. The summed E-state index contributed by atoms with van der Waals surface area (Å²) in [6, 6.07) is 5.76. The molecule has 0 aliphatic heterocycles. The van der Waals surface area contributed by atoms with E-state index >= 15 is 0 Å². The zero-order chi connectivity index (χ0) is 21.3. The minimum atomic E-state index is -1.04. The third kappa shape index (κ3) is 6.50. The van der Waals surface area contributed by atoms with Crippen LogP contribution in [0, 0.1) is 17.2 Å². The molecule has 2 atom stereocenters. The van der Waals surface area contributed by atoms with Gasteiger partial charge >= 0.3 is 5.97 Å². The molecule has 0 heterocycles. The third-order valence-corrected chi connectivity index (χ3v) is 4.05. The monoisotopic (exact) mass is 389 g/mol. The van der Waals surface area contributed by atoms with Crippen molar-refractivity contribution in [2.24, 2.45) is 5.92 Å². The average molecular weight is 389 g/mol. The van der Waals surface area contributed by atoms with Gasteiger partial charge in [0, 0.05) is 6.20 Å². The van der Waals surface area contributed by atoms with E-state index in [1.165, 1.54) is 14.2 Å². The number of hydrogen-bond donors (Lipinski definition) is 3. The Morgan fingerprint density at radius 2 is 1.86 bits per heavy atom. The van der Waals surface area contributed by atoms with Crippen LogP contribution >= 0.6 is 0 Å². The molecule has 0 aliphatic carbocycles. The number of nitrogens with zero attached hydrogens (tertiary/aromatic N) is 1. The maximum atomic E-state index is 12.4. The number of ether oxygens (including phenoxy) is 2. The second-order valence-corrected chi connectivity index (χ2v) is 6.67. The SMILES string of the molecule is COc1ccc(C(C)NC(=O)/C(C#N)=C\NC(CC(C)C)C(=O)O)cc1OC. The van der Waals surface area contributed by atoms with Gasteiger partial charge in [-0.1, -0.05) is 19.9 Å². The first-order chi connectivity index (χ1) is 13.2. The summed E-state index contributed by atoms with van der Waals surface area (Å²) in [6.07, 6.45) is 1.52. The van der Waals surface area contributed by atoms with Crippen LogP contribution in [0.25, 0.3) is 0 Å². The molecule has 0 saturated carbocycles. The lowest BCUT2D eigenvalue weighted by Crippen LogP contribution is -2.36. The molecule has 1 amide bonds. The highest BCUT2D eigenvalue weighted by Gasteiger charge is 2.19. The van der Waals surface area contributed by atoms with Crippen LogP contribution in [0.5, 0.6) is 11.5 Å². The van der Waals surface area contributed by atoms with Crippen molar-refractivity contribution in [1.29, 1.82) is 5.26 Å². The van der Waals surface area contributed by atoms with Crippen LogP contribution < -0.4 is 20.1 Å². The molecule has 28 heavy (non-hydrogen) atoms. The van der Waals surface area contributed by atoms with E-state index < -0.39 is 24.0 Å². The number of carbonyl (C=O) groups excluding carboxylic acids is 1. The van der Waals surface area contributed by atoms with Crippen LogP contribution in [-0.2, 0) is 9.59 Å². The van der Waals surface area contributed by atoms with Gasteiger partial charge in [0.15, 0.2) is 11.5 Å². The van der Waals surface area contributed by atoms with Crippen molar-refractivity contribution in [1.82, 2.24) is 10.6 Å². The highest BCUT2D eigenvalue weighted by molar-refractivity contribution is 5.97. The number of aliphatic carboxylic acids is 1. The predicted molar refractivity (Wildman–Crippen MR) is 104 cm³/mol. The van der Waals surface area contributed by atoms with E-state index in [2.05, 4.69) is 10.6 Å². The second kappa shape index (κ2) is 10.8. The van der Waals surface area contributed by atoms with Gasteiger partial charge in [-0.25, -0.2) is 4.79 Å². The Morgan fingerprint density at radius 3 is 2.36 bits per heavy atom. The Kier molecular flexibility index (Phi) is 8.82. The van der Waals surface area contributed by atoms with Gasteiger partial charge in [0.05, 0.1) is 20.3 Å². The quantitative estimate of drug-likeness (QED) is 0.415. The average Bonchev–Trinajstić information content (AvgIpc) is 2.66. The molecule has 1 aromatic rings. The van der Waals surface area contributed by atoms with Gasteiger partial charge in [0.1, 0.15) is 17.7 Å². The number of carbonyl (C=O) groups is 2. The summed E-state index contributed by atoms with van der Waals surface area (Å²) in [5.41, 5.74) is 0.557. The largest absolute Gasteiger partial charge is 0.493 e. The summed E-state index contributed by atoms with van der Waals surface area (Å²) in [5.74, 6) is -0.410. The Morgan fingerprint density at radius 1 is 1.21 bits per heavy atom. The van der Waals surface area contributed by atoms with Crippen molar-refractivity contribution in [3.8, 4) is 17.6 Å². The molecule has 3 N–H and O–H groups in total. The van der Waals surface area contributed by atoms with Crippen molar-refractivity contribution in [2.75, 3.05) is 14.2 Å². The molecule has 1 rings (SSSR count). The summed E-state index contributed by atoms with van der Waals surface area (Å²) in [5, 5.41) is 23.9. The Balaban J connectivity index is 2.88. The smallest absolute Gasteiger partial charge is 0.326 e. The lowest BCUT2D eigenvalue weighted by atomic mass is 10.0. The molecule has 8 heteroatoms. The van der Waals surface area contributed by atoms with Gasteiger partial charge < -0.3 is 25.2 Å². The van der Waals surface area contributed by atoms with Crippen LogP contribution in [0.2, 0.25) is 0 Å². The molecular weight excluding hydrogens is 362 g/mol. The van der Waals surface area contributed by atoms with E-state index in [0.717, 1.165) is 11.8 Å². The summed E-state index contributed by atoms with van der Waals surface area (Å²) >= 11 is 0. The number of carboxylic acids is 1. The third-order valence-electron chi connectivity index (χ3n) is 4.05. The van der Waals surface area contributed by atoms with E-state index in [1.54, 1.807) is 31.2 Å². The van der Waals surface area contributed by atoms with E-state index in [4.69, 9.17) is 9.47 Å². The molecule has 0 spiro atoms.